The fraction of sp³-hybridized carbons (Fsp3) is 0.344. The summed E-state index contributed by atoms with van der Waals surface area (Å²) < 4.78 is 12.6. The highest BCUT2D eigenvalue weighted by atomic mass is 16.5. The number of piperidine rings is 1. The number of para-hydroxylation sites is 1. The summed E-state index contributed by atoms with van der Waals surface area (Å²) in [7, 11) is 4.37. The lowest BCUT2D eigenvalue weighted by Crippen LogP contribution is -2.41. The second-order valence-electron chi connectivity index (χ2n) is 10.6. The molecular weight excluding hydrogens is 490 g/mol. The molecule has 204 valence electrons. The molecule has 0 radical (unpaired) electrons. The highest BCUT2D eigenvalue weighted by molar-refractivity contribution is 5.93. The van der Waals surface area contributed by atoms with Gasteiger partial charge in [-0.1, -0.05) is 36.4 Å². The van der Waals surface area contributed by atoms with Crippen LogP contribution in [-0.4, -0.2) is 54.1 Å². The number of hydrogen-bond donors (Lipinski definition) is 2. The van der Waals surface area contributed by atoms with Gasteiger partial charge in [0.1, 0.15) is 23.7 Å². The molecule has 0 spiro atoms. The molecule has 1 saturated heterocycles. The number of nitrogens with zero attached hydrogens (tertiary/aromatic N) is 2. The second-order valence-corrected chi connectivity index (χ2v) is 10.6. The third-order valence-electron chi connectivity index (χ3n) is 7.63. The lowest BCUT2D eigenvalue weighted by Gasteiger charge is -2.34. The fourth-order valence-corrected chi connectivity index (χ4v) is 5.44. The molecule has 0 bridgehead atoms. The number of nitrogens with two attached hydrogens (primary N) is 1. The van der Waals surface area contributed by atoms with E-state index in [1.807, 2.05) is 30.3 Å². The van der Waals surface area contributed by atoms with E-state index in [0.29, 0.717) is 30.5 Å². The minimum Gasteiger partial charge on any atom is -0.489 e. The number of fused-ring (bicyclic) bond motifs is 1. The molecule has 0 aliphatic carbocycles. The van der Waals surface area contributed by atoms with Crippen LogP contribution in [0.4, 0.5) is 0 Å². The Morgan fingerprint density at radius 3 is 2.64 bits per heavy atom. The summed E-state index contributed by atoms with van der Waals surface area (Å²) in [6.45, 7) is 3.77. The average molecular weight is 528 g/mol. The number of carboxylic acid groups (broad SMARTS) is 1. The summed E-state index contributed by atoms with van der Waals surface area (Å²) >= 11 is 0. The number of furan rings is 1. The number of benzene rings is 3. The van der Waals surface area contributed by atoms with Crippen LogP contribution < -0.4 is 10.5 Å². The Morgan fingerprint density at radius 2 is 1.87 bits per heavy atom. The van der Waals surface area contributed by atoms with E-state index < -0.39 is 5.97 Å². The van der Waals surface area contributed by atoms with Crippen LogP contribution in [0.1, 0.15) is 35.3 Å². The van der Waals surface area contributed by atoms with Crippen LogP contribution in [0.2, 0.25) is 0 Å². The second kappa shape index (κ2) is 12.0. The first-order chi connectivity index (χ1) is 18.9. The van der Waals surface area contributed by atoms with Gasteiger partial charge >= 0.3 is 5.97 Å². The van der Waals surface area contributed by atoms with Crippen LogP contribution in [0.3, 0.4) is 0 Å². The minimum atomic E-state index is -0.884. The van der Waals surface area contributed by atoms with Crippen molar-refractivity contribution in [2.75, 3.05) is 27.2 Å². The van der Waals surface area contributed by atoms with Crippen LogP contribution in [0.15, 0.2) is 71.1 Å². The average Bonchev–Trinajstić information content (AvgIpc) is 3.34. The molecule has 0 saturated carbocycles. The first-order valence-electron chi connectivity index (χ1n) is 13.6. The van der Waals surface area contributed by atoms with E-state index in [-0.39, 0.29) is 6.42 Å². The van der Waals surface area contributed by atoms with Crippen LogP contribution in [0.25, 0.3) is 22.1 Å². The fourth-order valence-electron chi connectivity index (χ4n) is 5.44. The quantitative estimate of drug-likeness (QED) is 0.289. The summed E-state index contributed by atoms with van der Waals surface area (Å²) in [5.41, 5.74) is 11.5. The zero-order valence-corrected chi connectivity index (χ0v) is 22.7. The Bertz CT molecular complexity index is 1440. The van der Waals surface area contributed by atoms with Gasteiger partial charge in [-0.3, -0.25) is 9.69 Å². The number of ether oxygens (including phenoxy) is 1. The summed E-state index contributed by atoms with van der Waals surface area (Å²) in [5, 5.41) is 10.3. The van der Waals surface area contributed by atoms with Crippen molar-refractivity contribution < 1.29 is 19.1 Å². The Morgan fingerprint density at radius 1 is 1.08 bits per heavy atom. The first kappa shape index (κ1) is 26.9. The molecule has 39 heavy (non-hydrogen) atoms. The summed E-state index contributed by atoms with van der Waals surface area (Å²) in [5.74, 6) is 0.637. The van der Waals surface area contributed by atoms with E-state index in [1.165, 1.54) is 0 Å². The third-order valence-corrected chi connectivity index (χ3v) is 7.63. The molecule has 4 aromatic rings. The minimum absolute atomic E-state index is 0.0811. The van der Waals surface area contributed by atoms with E-state index in [4.69, 9.17) is 14.9 Å². The van der Waals surface area contributed by atoms with Gasteiger partial charge in [0.25, 0.3) is 0 Å². The molecule has 7 nitrogen and oxygen atoms in total. The van der Waals surface area contributed by atoms with Gasteiger partial charge in [0.2, 0.25) is 0 Å². The molecule has 1 fully saturated rings. The van der Waals surface area contributed by atoms with Gasteiger partial charge in [-0.2, -0.15) is 0 Å². The number of likely N-dealkylation sites (tertiary alicyclic amines) is 1. The standard InChI is InChI=1S/C32H37N3O4/c1-34-12-10-27(11-13-34)35(2)20-28-17-26-15-23(21-38-30-9-4-3-7-25(30)18-31(36)37)16-29(32(26)39-28)24-8-5-6-22(14-24)19-33/h3-9,14-17,27H,10-13,18-21,33H2,1-2H3,(H,36,37). The van der Waals surface area contributed by atoms with Gasteiger partial charge in [0.15, 0.2) is 0 Å². The van der Waals surface area contributed by atoms with Crippen molar-refractivity contribution in [2.24, 2.45) is 5.73 Å². The third kappa shape index (κ3) is 6.50. The molecule has 1 aromatic heterocycles. The van der Waals surface area contributed by atoms with E-state index in [9.17, 15) is 9.90 Å². The lowest BCUT2D eigenvalue weighted by molar-refractivity contribution is -0.136. The van der Waals surface area contributed by atoms with Crippen LogP contribution >= 0.6 is 0 Å². The maximum Gasteiger partial charge on any atom is 0.307 e. The molecule has 1 aliphatic rings. The summed E-state index contributed by atoms with van der Waals surface area (Å²) in [6, 6.07) is 22.4. The summed E-state index contributed by atoms with van der Waals surface area (Å²) in [4.78, 5) is 16.1. The maximum absolute atomic E-state index is 11.3. The van der Waals surface area contributed by atoms with Gasteiger partial charge in [-0.05, 0) is 87.0 Å². The largest absolute Gasteiger partial charge is 0.489 e. The molecule has 2 heterocycles. The first-order valence-corrected chi connectivity index (χ1v) is 13.6. The predicted molar refractivity (Wildman–Crippen MR) is 154 cm³/mol. The molecule has 7 heteroatoms. The van der Waals surface area contributed by atoms with Crippen molar-refractivity contribution in [1.29, 1.82) is 0 Å². The Kier molecular flexibility index (Phi) is 8.31. The van der Waals surface area contributed by atoms with E-state index in [1.54, 1.807) is 6.07 Å². The molecule has 1 aliphatic heterocycles. The topological polar surface area (TPSA) is 92.2 Å². The van der Waals surface area contributed by atoms with Crippen LogP contribution in [0.5, 0.6) is 5.75 Å². The van der Waals surface area contributed by atoms with Gasteiger partial charge in [0, 0.05) is 29.1 Å². The molecule has 3 aromatic carbocycles. The number of carbonyl (C=O) groups is 1. The van der Waals surface area contributed by atoms with Gasteiger partial charge in [0.05, 0.1) is 13.0 Å². The molecule has 0 amide bonds. The van der Waals surface area contributed by atoms with Crippen LogP contribution in [-0.2, 0) is 30.9 Å². The zero-order chi connectivity index (χ0) is 27.4. The van der Waals surface area contributed by atoms with Gasteiger partial charge in [-0.25, -0.2) is 0 Å². The molecule has 3 N–H and O–H groups in total. The lowest BCUT2D eigenvalue weighted by atomic mass is 9.99. The number of aliphatic carboxylic acids is 1. The van der Waals surface area contributed by atoms with E-state index >= 15 is 0 Å². The van der Waals surface area contributed by atoms with E-state index in [2.05, 4.69) is 54.2 Å². The Hall–Kier alpha value is -3.65. The van der Waals surface area contributed by atoms with Crippen LogP contribution in [0, 0.1) is 0 Å². The molecule has 5 rings (SSSR count). The van der Waals surface area contributed by atoms with Crippen molar-refractivity contribution >= 4 is 16.9 Å². The normalized spacial score (nSPS) is 14.8. The van der Waals surface area contributed by atoms with Crippen molar-refractivity contribution in [3.05, 3.63) is 89.2 Å². The van der Waals surface area contributed by atoms with Crippen molar-refractivity contribution in [2.45, 2.75) is 45.0 Å². The predicted octanol–water partition coefficient (Wildman–Crippen LogP) is 5.29. The molecule has 0 atom stereocenters. The summed E-state index contributed by atoms with van der Waals surface area (Å²) in [6.07, 6.45) is 2.24. The number of carboxylic acids is 1. The van der Waals surface area contributed by atoms with Crippen molar-refractivity contribution in [3.63, 3.8) is 0 Å². The number of hydrogen-bond acceptors (Lipinski definition) is 6. The smallest absolute Gasteiger partial charge is 0.307 e. The van der Waals surface area contributed by atoms with Gasteiger partial charge in [-0.15, -0.1) is 0 Å². The van der Waals surface area contributed by atoms with Crippen molar-refractivity contribution in [3.8, 4) is 16.9 Å². The Labute approximate surface area is 229 Å². The molecule has 0 unspecified atom stereocenters. The highest BCUT2D eigenvalue weighted by Crippen LogP contribution is 2.34. The highest BCUT2D eigenvalue weighted by Gasteiger charge is 2.22. The van der Waals surface area contributed by atoms with E-state index in [0.717, 1.165) is 71.5 Å². The SMILES string of the molecule is CN1CCC(N(C)Cc2cc3cc(COc4ccccc4CC(=O)O)cc(-c4cccc(CN)c4)c3o2)CC1. The van der Waals surface area contributed by atoms with Gasteiger partial charge < -0.3 is 24.9 Å². The van der Waals surface area contributed by atoms with Crippen molar-refractivity contribution in [1.82, 2.24) is 9.80 Å². The Balaban J connectivity index is 1.45. The zero-order valence-electron chi connectivity index (χ0n) is 22.7. The maximum atomic E-state index is 11.3. The molecular formula is C32H37N3O4. The number of rotatable bonds is 10. The monoisotopic (exact) mass is 527 g/mol.